The van der Waals surface area contributed by atoms with E-state index in [4.69, 9.17) is 18.9 Å². The van der Waals surface area contributed by atoms with Gasteiger partial charge in [0.25, 0.3) is 0 Å². The van der Waals surface area contributed by atoms with Gasteiger partial charge in [0.15, 0.2) is 12.4 Å². The van der Waals surface area contributed by atoms with E-state index in [0.29, 0.717) is 23.9 Å². The predicted octanol–water partition coefficient (Wildman–Crippen LogP) is 25.1. The lowest BCUT2D eigenvalue weighted by Gasteiger charge is -2.26. The van der Waals surface area contributed by atoms with Crippen LogP contribution in [0.4, 0.5) is 0 Å². The topological polar surface area (TPSA) is 111 Å². The van der Waals surface area contributed by atoms with Crippen LogP contribution in [0.5, 0.6) is 0 Å². The number of ether oxygens (including phenoxy) is 4. The number of likely N-dealkylation sites (N-methyl/N-ethyl adjacent to an activating group) is 1. The van der Waals surface area contributed by atoms with E-state index in [0.717, 1.165) is 89.9 Å². The first-order valence-corrected chi connectivity index (χ1v) is 41.0. The summed E-state index contributed by atoms with van der Waals surface area (Å²) in [7, 11) is 5.94. The van der Waals surface area contributed by atoms with Crippen molar-refractivity contribution in [3.05, 3.63) is 109 Å². The highest BCUT2D eigenvalue weighted by Crippen LogP contribution is 2.19. The number of carbonyl (C=O) groups is 3. The van der Waals surface area contributed by atoms with Crippen LogP contribution in [0.2, 0.25) is 0 Å². The number of rotatable bonds is 76. The molecule has 0 aliphatic carbocycles. The molecule has 9 heteroatoms. The van der Waals surface area contributed by atoms with E-state index in [-0.39, 0.29) is 32.2 Å². The van der Waals surface area contributed by atoms with Gasteiger partial charge in [-0.2, -0.15) is 0 Å². The Morgan fingerprint density at radius 3 is 0.876 bits per heavy atom. The Morgan fingerprint density at radius 2 is 0.588 bits per heavy atom. The van der Waals surface area contributed by atoms with Gasteiger partial charge >= 0.3 is 11.9 Å². The molecular formula is C88H155NO8. The molecule has 0 radical (unpaired) electrons. The number of quaternary nitrogens is 1. The van der Waals surface area contributed by atoms with Crippen molar-refractivity contribution in [1.82, 2.24) is 0 Å². The highest BCUT2D eigenvalue weighted by atomic mass is 16.7. The third-order valence-electron chi connectivity index (χ3n) is 18.0. The molecule has 0 aromatic carbocycles. The second-order valence-corrected chi connectivity index (χ2v) is 28.7. The van der Waals surface area contributed by atoms with Gasteiger partial charge in [-0.3, -0.25) is 9.59 Å². The van der Waals surface area contributed by atoms with Crippen LogP contribution in [0.1, 0.15) is 373 Å². The van der Waals surface area contributed by atoms with Gasteiger partial charge in [-0.05, 0) is 103 Å². The fourth-order valence-corrected chi connectivity index (χ4v) is 11.8. The minimum Gasteiger partial charge on any atom is -0.545 e. The molecule has 9 nitrogen and oxygen atoms in total. The number of carboxylic acids is 1. The monoisotopic (exact) mass is 1350 g/mol. The number of hydrogen-bond donors (Lipinski definition) is 0. The summed E-state index contributed by atoms with van der Waals surface area (Å²) in [6.45, 7) is 4.67. The van der Waals surface area contributed by atoms with E-state index in [1.54, 1.807) is 0 Å². The molecule has 0 saturated heterocycles. The summed E-state index contributed by atoms with van der Waals surface area (Å²) in [5, 5.41) is 11.9. The van der Waals surface area contributed by atoms with Gasteiger partial charge < -0.3 is 33.3 Å². The van der Waals surface area contributed by atoms with Crippen molar-refractivity contribution in [3.63, 3.8) is 0 Å². The Kier molecular flexibility index (Phi) is 74.4. The van der Waals surface area contributed by atoms with Gasteiger partial charge in [0.05, 0.1) is 40.3 Å². The first-order chi connectivity index (χ1) is 47.6. The molecule has 0 saturated carbocycles. The summed E-state index contributed by atoms with van der Waals surface area (Å²) < 4.78 is 22.9. The minimum absolute atomic E-state index is 0.146. The molecule has 0 rings (SSSR count). The molecule has 0 N–H and O–H groups in total. The molecule has 0 aliphatic rings. The van der Waals surface area contributed by atoms with Crippen LogP contribution < -0.4 is 5.11 Å². The fourth-order valence-electron chi connectivity index (χ4n) is 11.8. The van der Waals surface area contributed by atoms with E-state index in [1.807, 2.05) is 21.1 Å². The summed E-state index contributed by atoms with van der Waals surface area (Å²) in [4.78, 5) is 37.6. The number of unbranched alkanes of at least 4 members (excludes halogenated alkanes) is 43. The lowest BCUT2D eigenvalue weighted by atomic mass is 10.0. The van der Waals surface area contributed by atoms with E-state index in [9.17, 15) is 19.5 Å². The van der Waals surface area contributed by atoms with E-state index >= 15 is 0 Å². The summed E-state index contributed by atoms with van der Waals surface area (Å²) in [6.07, 6.45) is 106. The number of carbonyl (C=O) groups excluding carboxylic acids is 3. The van der Waals surface area contributed by atoms with Crippen molar-refractivity contribution in [2.75, 3.05) is 47.5 Å². The number of hydrogen-bond acceptors (Lipinski definition) is 8. The number of allylic oxidation sites excluding steroid dienone is 18. The Bertz CT molecular complexity index is 1970. The Balaban J connectivity index is 4.01. The van der Waals surface area contributed by atoms with Gasteiger partial charge in [-0.1, -0.05) is 367 Å². The molecule has 560 valence electrons. The maximum atomic E-state index is 13.0. The van der Waals surface area contributed by atoms with Crippen LogP contribution in [0.3, 0.4) is 0 Å². The van der Waals surface area contributed by atoms with Gasteiger partial charge in [0, 0.05) is 12.8 Å². The van der Waals surface area contributed by atoms with Gasteiger partial charge in [-0.25, -0.2) is 0 Å². The quantitative estimate of drug-likeness (QED) is 0.0195. The smallest absolute Gasteiger partial charge is 0.306 e. The molecule has 0 spiro atoms. The predicted molar refractivity (Wildman–Crippen MR) is 417 cm³/mol. The SMILES string of the molecule is CC/C=C\C/C=C\C/C=C\C/C=C\C/C=C\C/C=C\C/C=C\CCCCCCCCCCCCCCCCCC(=O)OC(COC(=O)CCCCCCCCCCCCCCCCCCCCCCCCC/C=C\C/C=C\CCCCCCC)COC(OCC[N+](C)(C)C)C(=O)[O-]. The number of esters is 2. The van der Waals surface area contributed by atoms with Crippen LogP contribution in [-0.4, -0.2) is 82.3 Å². The molecule has 97 heavy (non-hydrogen) atoms. The third-order valence-corrected chi connectivity index (χ3v) is 18.0. The Labute approximate surface area is 600 Å². The zero-order valence-corrected chi connectivity index (χ0v) is 64.2. The summed E-state index contributed by atoms with van der Waals surface area (Å²) in [6, 6.07) is 0. The van der Waals surface area contributed by atoms with Gasteiger partial charge in [0.2, 0.25) is 0 Å². The largest absolute Gasteiger partial charge is 0.545 e. The van der Waals surface area contributed by atoms with Crippen molar-refractivity contribution < 1.29 is 42.9 Å². The van der Waals surface area contributed by atoms with Crippen LogP contribution in [-0.2, 0) is 33.3 Å². The molecular weight excluding hydrogens is 1200 g/mol. The van der Waals surface area contributed by atoms with Gasteiger partial charge in [-0.15, -0.1) is 0 Å². The summed E-state index contributed by atoms with van der Waals surface area (Å²) in [5.74, 6) is -2.26. The van der Waals surface area contributed by atoms with Crippen molar-refractivity contribution >= 4 is 17.9 Å². The van der Waals surface area contributed by atoms with Crippen molar-refractivity contribution in [3.8, 4) is 0 Å². The van der Waals surface area contributed by atoms with E-state index < -0.39 is 24.3 Å². The van der Waals surface area contributed by atoms with Crippen molar-refractivity contribution in [2.45, 2.75) is 386 Å². The lowest BCUT2D eigenvalue weighted by Crippen LogP contribution is -2.44. The molecule has 0 aromatic heterocycles. The summed E-state index contributed by atoms with van der Waals surface area (Å²) in [5.41, 5.74) is 0. The highest BCUT2D eigenvalue weighted by molar-refractivity contribution is 5.70. The first-order valence-electron chi connectivity index (χ1n) is 41.0. The number of carboxylic acid groups (broad SMARTS) is 1. The van der Waals surface area contributed by atoms with Crippen molar-refractivity contribution in [2.24, 2.45) is 0 Å². The molecule has 0 aromatic rings. The normalized spacial score (nSPS) is 13.2. The van der Waals surface area contributed by atoms with Crippen LogP contribution >= 0.6 is 0 Å². The average Bonchev–Trinajstić information content (AvgIpc) is 3.11. The maximum absolute atomic E-state index is 13.0. The molecule has 0 heterocycles. The maximum Gasteiger partial charge on any atom is 0.306 e. The zero-order chi connectivity index (χ0) is 70.4. The second kappa shape index (κ2) is 77.7. The lowest BCUT2D eigenvalue weighted by molar-refractivity contribution is -0.870. The molecule has 2 unspecified atom stereocenters. The number of nitrogens with zero attached hydrogens (tertiary/aromatic N) is 1. The Hall–Kier alpha value is -4.05. The number of aliphatic carboxylic acids is 1. The molecule has 0 amide bonds. The van der Waals surface area contributed by atoms with Crippen LogP contribution in [0.15, 0.2) is 109 Å². The Morgan fingerprint density at radius 1 is 0.320 bits per heavy atom. The molecule has 0 aliphatic heterocycles. The fraction of sp³-hybridized carbons (Fsp3) is 0.761. The molecule has 0 fully saturated rings. The zero-order valence-electron chi connectivity index (χ0n) is 64.2. The minimum atomic E-state index is -1.63. The summed E-state index contributed by atoms with van der Waals surface area (Å²) >= 11 is 0. The van der Waals surface area contributed by atoms with Crippen molar-refractivity contribution in [1.29, 1.82) is 0 Å². The van der Waals surface area contributed by atoms with E-state index in [2.05, 4.69) is 123 Å². The van der Waals surface area contributed by atoms with Gasteiger partial charge in [0.1, 0.15) is 13.2 Å². The molecule has 2 atom stereocenters. The van der Waals surface area contributed by atoms with Crippen LogP contribution in [0, 0.1) is 0 Å². The van der Waals surface area contributed by atoms with Crippen LogP contribution in [0.25, 0.3) is 0 Å². The average molecular weight is 1360 g/mol. The molecule has 0 bridgehead atoms. The van der Waals surface area contributed by atoms with E-state index in [1.165, 1.54) is 250 Å². The standard InChI is InChI=1S/C88H155NO8/c1-6-8-10-12-14-16-18-20-22-24-26-28-30-32-34-36-38-40-42-43-45-47-49-51-53-55-57-59-61-63-65-67-69-71-73-75-77-79-86(91)97-84(83-96-88(87(92)93)94-81-80-89(3,4)5)82-95-85(90)78-76-74-72-70-68-66-64-62-60-58-56-54-52-50-48-46-44-41-39-37-35-33-31-29-27-25-23-21-19-17-15-13-11-9-7-2/h8,10,14,16,19-22,25-28,32,34,38,40,43,45,84,88H,6-7,9,11-13,15,17-18,23-24,29-31,33,35-37,39,41-42,44,46-83H2,1-5H3/b10-8-,16-14-,21-19-,22-20-,27-25-,28-26-,34-32-,40-38-,45-43-. The first kappa shape index (κ1) is 93.0. The second-order valence-electron chi connectivity index (χ2n) is 28.7. The highest BCUT2D eigenvalue weighted by Gasteiger charge is 2.22. The third kappa shape index (κ3) is 79.2.